The third-order valence-corrected chi connectivity index (χ3v) is 4.33. The summed E-state index contributed by atoms with van der Waals surface area (Å²) in [6.45, 7) is 9.26. The molecule has 0 amide bonds. The van der Waals surface area contributed by atoms with Crippen molar-refractivity contribution in [1.82, 2.24) is 10.3 Å². The Kier molecular flexibility index (Phi) is 3.85. The first-order valence-corrected chi connectivity index (χ1v) is 6.77. The molecule has 0 aliphatic carbocycles. The molecule has 2 rings (SSSR count). The van der Waals surface area contributed by atoms with Crippen molar-refractivity contribution in [2.75, 3.05) is 13.1 Å². The quantitative estimate of drug-likeness (QED) is 0.793. The van der Waals surface area contributed by atoms with Gasteiger partial charge >= 0.3 is 0 Å². The van der Waals surface area contributed by atoms with Crippen molar-refractivity contribution < 1.29 is 0 Å². The molecule has 0 radical (unpaired) electrons. The van der Waals surface area contributed by atoms with Gasteiger partial charge in [-0.05, 0) is 38.8 Å². The molecule has 2 aliphatic rings. The Labute approximate surface area is 99.3 Å². The van der Waals surface area contributed by atoms with Crippen LogP contribution in [0.5, 0.6) is 0 Å². The second kappa shape index (κ2) is 5.17. The van der Waals surface area contributed by atoms with Crippen LogP contribution in [-0.2, 0) is 0 Å². The molecule has 0 aromatic heterocycles. The number of nitrogens with one attached hydrogen (secondary N) is 1. The topological polar surface area (TPSA) is 27.6 Å². The second-order valence-corrected chi connectivity index (χ2v) is 5.33. The smallest absolute Gasteiger partial charge is 0.0526 e. The zero-order valence-electron chi connectivity index (χ0n) is 10.8. The summed E-state index contributed by atoms with van der Waals surface area (Å²) in [7, 11) is 0. The summed E-state index contributed by atoms with van der Waals surface area (Å²) in [6.07, 6.45) is 5.94. The molecule has 0 aromatic rings. The fourth-order valence-corrected chi connectivity index (χ4v) is 2.95. The first-order chi connectivity index (χ1) is 7.74. The van der Waals surface area contributed by atoms with Gasteiger partial charge in [0.05, 0.1) is 6.04 Å². The van der Waals surface area contributed by atoms with Crippen LogP contribution < -0.4 is 5.32 Å². The van der Waals surface area contributed by atoms with E-state index in [4.69, 9.17) is 0 Å². The fraction of sp³-hybridized carbons (Fsp3) is 0.923. The molecule has 0 spiro atoms. The van der Waals surface area contributed by atoms with Gasteiger partial charge < -0.3 is 5.32 Å². The van der Waals surface area contributed by atoms with E-state index in [9.17, 15) is 0 Å². The average Bonchev–Trinajstić information content (AvgIpc) is 2.71. The number of rotatable bonds is 3. The first kappa shape index (κ1) is 11.9. The van der Waals surface area contributed by atoms with Crippen LogP contribution in [0.4, 0.5) is 0 Å². The van der Waals surface area contributed by atoms with Crippen molar-refractivity contribution in [2.24, 2.45) is 16.9 Å². The summed E-state index contributed by atoms with van der Waals surface area (Å²) in [5.74, 6) is 1.41. The van der Waals surface area contributed by atoms with Crippen LogP contribution in [0.15, 0.2) is 5.10 Å². The molecule has 0 aromatic carbocycles. The highest BCUT2D eigenvalue weighted by molar-refractivity contribution is 5.64. The number of piperidine rings is 1. The molecule has 1 fully saturated rings. The Morgan fingerprint density at radius 3 is 2.75 bits per heavy atom. The van der Waals surface area contributed by atoms with Crippen molar-refractivity contribution in [1.29, 1.82) is 0 Å². The zero-order valence-corrected chi connectivity index (χ0v) is 10.8. The van der Waals surface area contributed by atoms with Gasteiger partial charge in [-0.3, -0.25) is 5.01 Å². The van der Waals surface area contributed by atoms with E-state index in [1.165, 1.54) is 19.3 Å². The molecule has 2 unspecified atom stereocenters. The highest BCUT2D eigenvalue weighted by Gasteiger charge is 2.34. The van der Waals surface area contributed by atoms with Gasteiger partial charge in [0.1, 0.15) is 0 Å². The van der Waals surface area contributed by atoms with Gasteiger partial charge in [0, 0.05) is 18.2 Å². The van der Waals surface area contributed by atoms with E-state index in [0.29, 0.717) is 18.0 Å². The molecule has 1 N–H and O–H groups in total. The maximum atomic E-state index is 4.67. The highest BCUT2D eigenvalue weighted by Crippen LogP contribution is 2.29. The molecule has 3 nitrogen and oxygen atoms in total. The molecule has 16 heavy (non-hydrogen) atoms. The van der Waals surface area contributed by atoms with E-state index in [2.05, 4.69) is 42.4 Å². The van der Waals surface area contributed by atoms with E-state index < -0.39 is 0 Å². The largest absolute Gasteiger partial charge is 0.317 e. The summed E-state index contributed by atoms with van der Waals surface area (Å²) in [5.41, 5.74) is 0. The van der Waals surface area contributed by atoms with Crippen LogP contribution in [0.2, 0.25) is 0 Å². The summed E-state index contributed by atoms with van der Waals surface area (Å²) >= 11 is 0. The highest BCUT2D eigenvalue weighted by atomic mass is 15.5. The summed E-state index contributed by atoms with van der Waals surface area (Å²) in [5, 5.41) is 10.5. The van der Waals surface area contributed by atoms with E-state index in [0.717, 1.165) is 19.0 Å². The van der Waals surface area contributed by atoms with Crippen LogP contribution in [0.1, 0.15) is 40.0 Å². The van der Waals surface area contributed by atoms with Crippen LogP contribution in [0.25, 0.3) is 0 Å². The van der Waals surface area contributed by atoms with Crippen molar-refractivity contribution in [3.05, 3.63) is 0 Å². The molecule has 2 aliphatic heterocycles. The molecule has 0 saturated carbocycles. The van der Waals surface area contributed by atoms with Crippen LogP contribution in [0.3, 0.4) is 0 Å². The Bertz CT molecular complexity index is 246. The minimum atomic E-state index is 0.595. The first-order valence-electron chi connectivity index (χ1n) is 6.77. The summed E-state index contributed by atoms with van der Waals surface area (Å²) in [4.78, 5) is 0. The number of hydrazone groups is 1. The Morgan fingerprint density at radius 2 is 2.12 bits per heavy atom. The molecular formula is C13H25N3. The van der Waals surface area contributed by atoms with E-state index >= 15 is 0 Å². The Morgan fingerprint density at radius 1 is 1.44 bits per heavy atom. The molecule has 2 heterocycles. The van der Waals surface area contributed by atoms with Crippen molar-refractivity contribution in [2.45, 2.75) is 52.1 Å². The Hall–Kier alpha value is -0.570. The van der Waals surface area contributed by atoms with Crippen molar-refractivity contribution in [3.63, 3.8) is 0 Å². The maximum absolute atomic E-state index is 4.67. The summed E-state index contributed by atoms with van der Waals surface area (Å²) < 4.78 is 0. The monoisotopic (exact) mass is 223 g/mol. The third kappa shape index (κ3) is 2.24. The van der Waals surface area contributed by atoms with E-state index in [1.54, 1.807) is 0 Å². The van der Waals surface area contributed by atoms with Crippen LogP contribution in [-0.4, -0.2) is 36.4 Å². The predicted octanol–water partition coefficient (Wildman–Crippen LogP) is 2.09. The van der Waals surface area contributed by atoms with Gasteiger partial charge in [-0.15, -0.1) is 0 Å². The van der Waals surface area contributed by atoms with Gasteiger partial charge in [0.15, 0.2) is 0 Å². The van der Waals surface area contributed by atoms with Crippen LogP contribution >= 0.6 is 0 Å². The van der Waals surface area contributed by atoms with Gasteiger partial charge in [-0.25, -0.2) is 0 Å². The predicted molar refractivity (Wildman–Crippen MR) is 68.6 cm³/mol. The maximum Gasteiger partial charge on any atom is 0.0526 e. The lowest BCUT2D eigenvalue weighted by atomic mass is 9.87. The van der Waals surface area contributed by atoms with Gasteiger partial charge in [0.25, 0.3) is 0 Å². The molecule has 1 saturated heterocycles. The lowest BCUT2D eigenvalue weighted by Gasteiger charge is -2.35. The number of nitrogens with zero attached hydrogens (tertiary/aromatic N) is 2. The van der Waals surface area contributed by atoms with Gasteiger partial charge in [-0.1, -0.05) is 20.3 Å². The second-order valence-electron chi connectivity index (χ2n) is 5.33. The molecule has 3 atom stereocenters. The normalized spacial score (nSPS) is 33.3. The van der Waals surface area contributed by atoms with E-state index in [1.807, 2.05) is 0 Å². The average molecular weight is 223 g/mol. The number of hydrogen-bond acceptors (Lipinski definition) is 3. The minimum Gasteiger partial charge on any atom is -0.317 e. The van der Waals surface area contributed by atoms with Crippen molar-refractivity contribution >= 4 is 6.21 Å². The Balaban J connectivity index is 1.96. The van der Waals surface area contributed by atoms with Crippen molar-refractivity contribution in [3.8, 4) is 0 Å². The molecular weight excluding hydrogens is 198 g/mol. The minimum absolute atomic E-state index is 0.595. The van der Waals surface area contributed by atoms with Gasteiger partial charge in [0.2, 0.25) is 0 Å². The number of hydrogen-bond donors (Lipinski definition) is 1. The SMILES string of the molecule is CCC(C)[C@H]1C=NN(C2CCNCC2)C1C. The standard InChI is InChI=1S/C13H25N3/c1-4-10(2)13-9-15-16(11(13)3)12-5-7-14-8-6-12/h9-14H,4-8H2,1-3H3/t10?,11?,13-/m1/s1. The molecule has 3 heteroatoms. The summed E-state index contributed by atoms with van der Waals surface area (Å²) in [6, 6.07) is 1.26. The fourth-order valence-electron chi connectivity index (χ4n) is 2.95. The molecule has 92 valence electrons. The molecule has 0 bridgehead atoms. The zero-order chi connectivity index (χ0) is 11.5. The van der Waals surface area contributed by atoms with Gasteiger partial charge in [-0.2, -0.15) is 5.10 Å². The van der Waals surface area contributed by atoms with Crippen LogP contribution in [0, 0.1) is 11.8 Å². The lowest BCUT2D eigenvalue weighted by molar-refractivity contribution is 0.111. The van der Waals surface area contributed by atoms with E-state index in [-0.39, 0.29) is 0 Å². The third-order valence-electron chi connectivity index (χ3n) is 4.33. The lowest BCUT2D eigenvalue weighted by Crippen LogP contribution is -2.44.